The Morgan fingerprint density at radius 3 is 2.76 bits per heavy atom. The van der Waals surface area contributed by atoms with Crippen LogP contribution in [0.2, 0.25) is 0 Å². The lowest BCUT2D eigenvalue weighted by atomic mass is 10.0. The minimum absolute atomic E-state index is 0. The van der Waals surface area contributed by atoms with Gasteiger partial charge in [0.2, 0.25) is 10.0 Å². The number of rotatable bonds is 3. The summed E-state index contributed by atoms with van der Waals surface area (Å²) in [5.74, 6) is 0. The summed E-state index contributed by atoms with van der Waals surface area (Å²) in [6, 6.07) is 7.09. The fourth-order valence-corrected chi connectivity index (χ4v) is 4.04. The number of aryl methyl sites for hydroxylation is 1. The zero-order valence-electron chi connectivity index (χ0n) is 12.1. The summed E-state index contributed by atoms with van der Waals surface area (Å²) < 4.78 is 27.6. The highest BCUT2D eigenvalue weighted by molar-refractivity contribution is 7.89. The third kappa shape index (κ3) is 4.17. The molecular formula is C14H20ClN3O2S. The molecule has 1 saturated heterocycles. The molecule has 0 aromatic heterocycles. The van der Waals surface area contributed by atoms with Crippen LogP contribution >= 0.6 is 12.4 Å². The maximum Gasteiger partial charge on any atom is 0.242 e. The summed E-state index contributed by atoms with van der Waals surface area (Å²) >= 11 is 0. The number of nitrogens with zero attached hydrogens (tertiary/aromatic N) is 1. The third-order valence-electron chi connectivity index (χ3n) is 3.58. The summed E-state index contributed by atoms with van der Waals surface area (Å²) in [5.41, 5.74) is 0.899. The van der Waals surface area contributed by atoms with Crippen LogP contribution in [0.1, 0.15) is 30.9 Å². The van der Waals surface area contributed by atoms with E-state index in [1.165, 1.54) is 6.07 Å². The average molecular weight is 330 g/mol. The molecule has 2 unspecified atom stereocenters. The van der Waals surface area contributed by atoms with Crippen LogP contribution in [0.15, 0.2) is 23.1 Å². The maximum atomic E-state index is 12.5. The van der Waals surface area contributed by atoms with Crippen molar-refractivity contribution in [3.8, 4) is 6.07 Å². The summed E-state index contributed by atoms with van der Waals surface area (Å²) in [5, 5.41) is 12.4. The lowest BCUT2D eigenvalue weighted by molar-refractivity contribution is 0.361. The Labute approximate surface area is 132 Å². The van der Waals surface area contributed by atoms with E-state index in [-0.39, 0.29) is 28.9 Å². The van der Waals surface area contributed by atoms with Crippen molar-refractivity contribution in [3.05, 3.63) is 29.3 Å². The number of nitriles is 1. The largest absolute Gasteiger partial charge is 0.314 e. The molecule has 1 aliphatic rings. The molecule has 1 heterocycles. The van der Waals surface area contributed by atoms with Gasteiger partial charge in [-0.3, -0.25) is 0 Å². The van der Waals surface area contributed by atoms with E-state index in [4.69, 9.17) is 5.26 Å². The first-order valence-electron chi connectivity index (χ1n) is 6.69. The van der Waals surface area contributed by atoms with Crippen molar-refractivity contribution in [2.24, 2.45) is 0 Å². The van der Waals surface area contributed by atoms with Crippen LogP contribution < -0.4 is 10.0 Å². The van der Waals surface area contributed by atoms with Crippen LogP contribution in [0.4, 0.5) is 0 Å². The smallest absolute Gasteiger partial charge is 0.242 e. The van der Waals surface area contributed by atoms with Crippen molar-refractivity contribution in [2.75, 3.05) is 6.54 Å². The van der Waals surface area contributed by atoms with Crippen LogP contribution in [-0.4, -0.2) is 27.0 Å². The van der Waals surface area contributed by atoms with Gasteiger partial charge in [-0.25, -0.2) is 13.1 Å². The molecule has 2 rings (SSSR count). The van der Waals surface area contributed by atoms with Gasteiger partial charge in [0, 0.05) is 12.1 Å². The van der Waals surface area contributed by atoms with E-state index in [1.807, 2.05) is 13.0 Å². The van der Waals surface area contributed by atoms with Crippen LogP contribution in [0.25, 0.3) is 0 Å². The molecule has 0 aliphatic carbocycles. The zero-order valence-corrected chi connectivity index (χ0v) is 13.7. The number of sulfonamides is 1. The molecule has 0 bridgehead atoms. The van der Waals surface area contributed by atoms with Gasteiger partial charge < -0.3 is 5.32 Å². The molecule has 2 N–H and O–H groups in total. The Hall–Kier alpha value is -1.13. The first kappa shape index (κ1) is 17.9. The minimum atomic E-state index is -3.65. The van der Waals surface area contributed by atoms with Gasteiger partial charge in [-0.1, -0.05) is 12.1 Å². The van der Waals surface area contributed by atoms with Gasteiger partial charge in [-0.05, 0) is 44.9 Å². The summed E-state index contributed by atoms with van der Waals surface area (Å²) in [4.78, 5) is 0.0752. The monoisotopic (exact) mass is 329 g/mol. The molecule has 0 amide bonds. The van der Waals surface area contributed by atoms with Gasteiger partial charge in [0.05, 0.1) is 5.56 Å². The van der Waals surface area contributed by atoms with Crippen molar-refractivity contribution >= 4 is 22.4 Å². The van der Waals surface area contributed by atoms with Crippen LogP contribution in [-0.2, 0) is 10.0 Å². The van der Waals surface area contributed by atoms with Crippen molar-refractivity contribution in [3.63, 3.8) is 0 Å². The summed E-state index contributed by atoms with van der Waals surface area (Å²) in [7, 11) is -3.65. The fraction of sp³-hybridized carbons (Fsp3) is 0.500. The predicted molar refractivity (Wildman–Crippen MR) is 84.0 cm³/mol. The van der Waals surface area contributed by atoms with Crippen molar-refractivity contribution in [1.29, 1.82) is 5.26 Å². The van der Waals surface area contributed by atoms with Gasteiger partial charge in [0.25, 0.3) is 0 Å². The van der Waals surface area contributed by atoms with Gasteiger partial charge in [-0.2, -0.15) is 5.26 Å². The van der Waals surface area contributed by atoms with E-state index in [0.717, 1.165) is 19.4 Å². The van der Waals surface area contributed by atoms with Gasteiger partial charge in [0.1, 0.15) is 11.0 Å². The number of hydrogen-bond acceptors (Lipinski definition) is 4. The first-order chi connectivity index (χ1) is 9.44. The molecule has 21 heavy (non-hydrogen) atoms. The molecule has 116 valence electrons. The van der Waals surface area contributed by atoms with E-state index in [2.05, 4.69) is 10.0 Å². The SMILES string of the molecule is Cc1cccc(S(=O)(=O)NC2CCNC(C)C2)c1C#N.Cl. The van der Waals surface area contributed by atoms with E-state index < -0.39 is 10.0 Å². The standard InChI is InChI=1S/C14H19N3O2S.ClH/c1-10-4-3-5-14(13(10)9-15)20(18,19)17-12-6-7-16-11(2)8-12;/h3-5,11-12,16-17H,6-8H2,1-2H3;1H. The highest BCUT2D eigenvalue weighted by Crippen LogP contribution is 2.20. The molecule has 2 atom stereocenters. The lowest BCUT2D eigenvalue weighted by Crippen LogP contribution is -2.46. The second-order valence-electron chi connectivity index (χ2n) is 5.26. The normalized spacial score (nSPS) is 22.1. The molecule has 0 saturated carbocycles. The number of halogens is 1. The molecule has 0 spiro atoms. The van der Waals surface area contributed by atoms with Gasteiger partial charge in [0.15, 0.2) is 0 Å². The van der Waals surface area contributed by atoms with E-state index in [1.54, 1.807) is 19.1 Å². The minimum Gasteiger partial charge on any atom is -0.314 e. The highest BCUT2D eigenvalue weighted by Gasteiger charge is 2.26. The topological polar surface area (TPSA) is 82.0 Å². The van der Waals surface area contributed by atoms with Crippen molar-refractivity contribution < 1.29 is 8.42 Å². The molecule has 0 radical (unpaired) electrons. The molecule has 5 nitrogen and oxygen atoms in total. The Kier molecular flexibility index (Phi) is 6.17. The summed E-state index contributed by atoms with van der Waals surface area (Å²) in [6.07, 6.45) is 1.52. The van der Waals surface area contributed by atoms with Gasteiger partial charge in [-0.15, -0.1) is 12.4 Å². The third-order valence-corrected chi connectivity index (χ3v) is 5.14. The van der Waals surface area contributed by atoms with Crippen LogP contribution in [0.3, 0.4) is 0 Å². The van der Waals surface area contributed by atoms with Crippen molar-refractivity contribution in [2.45, 2.75) is 43.7 Å². The number of benzene rings is 1. The van der Waals surface area contributed by atoms with Crippen LogP contribution in [0, 0.1) is 18.3 Å². The fourth-order valence-electron chi connectivity index (χ4n) is 2.53. The Balaban J connectivity index is 0.00000220. The number of hydrogen-bond donors (Lipinski definition) is 2. The van der Waals surface area contributed by atoms with E-state index in [0.29, 0.717) is 11.6 Å². The summed E-state index contributed by atoms with van der Waals surface area (Å²) in [6.45, 7) is 4.57. The molecule has 1 aromatic carbocycles. The second kappa shape index (κ2) is 7.23. The molecule has 1 aromatic rings. The Morgan fingerprint density at radius 1 is 1.43 bits per heavy atom. The Bertz CT molecular complexity index is 640. The molecule has 1 aliphatic heterocycles. The molecule has 1 fully saturated rings. The predicted octanol–water partition coefficient (Wildman–Crippen LogP) is 1.71. The van der Waals surface area contributed by atoms with Crippen molar-refractivity contribution in [1.82, 2.24) is 10.0 Å². The lowest BCUT2D eigenvalue weighted by Gasteiger charge is -2.28. The van der Waals surface area contributed by atoms with E-state index in [9.17, 15) is 8.42 Å². The van der Waals surface area contributed by atoms with Crippen LogP contribution in [0.5, 0.6) is 0 Å². The molecule has 7 heteroatoms. The second-order valence-corrected chi connectivity index (χ2v) is 6.94. The first-order valence-corrected chi connectivity index (χ1v) is 8.18. The van der Waals surface area contributed by atoms with E-state index >= 15 is 0 Å². The number of nitrogens with one attached hydrogen (secondary N) is 2. The maximum absolute atomic E-state index is 12.5. The number of piperidine rings is 1. The zero-order chi connectivity index (χ0) is 14.8. The Morgan fingerprint density at radius 2 is 2.14 bits per heavy atom. The quantitative estimate of drug-likeness (QED) is 0.884. The highest BCUT2D eigenvalue weighted by atomic mass is 35.5. The average Bonchev–Trinajstić information content (AvgIpc) is 2.38. The van der Waals surface area contributed by atoms with Gasteiger partial charge >= 0.3 is 0 Å². The molecular weight excluding hydrogens is 310 g/mol.